The minimum atomic E-state index is -4.72. The van der Waals surface area contributed by atoms with Crippen molar-refractivity contribution in [1.29, 1.82) is 0 Å². The molecular weight excluding hydrogens is 998 g/mol. The molecule has 1 aromatic carbocycles. The minimum Gasteiger partial charge on any atom is -0.813 e. The maximum Gasteiger partial charge on any atom is 0.416 e. The Morgan fingerprint density at radius 1 is 0.985 bits per heavy atom. The van der Waals surface area contributed by atoms with E-state index in [2.05, 4.69) is 119 Å². The number of unbranched alkanes of at least 4 members (excludes halogenated alkanes) is 2. The van der Waals surface area contributed by atoms with Crippen LogP contribution in [0.5, 0.6) is 0 Å². The maximum absolute atomic E-state index is 14.8. The summed E-state index contributed by atoms with van der Waals surface area (Å²) < 4.78 is 57.2. The van der Waals surface area contributed by atoms with Gasteiger partial charge in [-0.3, -0.25) is 9.67 Å². The first kappa shape index (κ1) is 77.3. The second-order valence-electron chi connectivity index (χ2n) is 17.1. The zero-order valence-electron chi connectivity index (χ0n) is 44.6. The molecule has 0 spiro atoms. The second-order valence-corrected chi connectivity index (χ2v) is 17.5. The summed E-state index contributed by atoms with van der Waals surface area (Å²) in [5, 5.41) is 4.07. The van der Waals surface area contributed by atoms with E-state index >= 15 is 0 Å². The van der Waals surface area contributed by atoms with Gasteiger partial charge < -0.3 is 19.2 Å². The van der Waals surface area contributed by atoms with Crippen molar-refractivity contribution in [1.82, 2.24) is 9.78 Å². The molecule has 1 atom stereocenters. The van der Waals surface area contributed by atoms with E-state index in [1.807, 2.05) is 37.8 Å². The first-order chi connectivity index (χ1) is 29.2. The van der Waals surface area contributed by atoms with E-state index in [1.54, 1.807) is 13.8 Å². The number of hydrogen-bond donors (Lipinski definition) is 1. The minimum absolute atomic E-state index is 0. The van der Waals surface area contributed by atoms with Crippen molar-refractivity contribution in [2.45, 2.75) is 195 Å². The number of nitrogens with two attached hydrogens (primary N) is 1. The summed E-state index contributed by atoms with van der Waals surface area (Å²) >= 11 is 6.19. The molecule has 0 aliphatic carbocycles. The monoisotopic (exact) mass is 1090 g/mol. The van der Waals surface area contributed by atoms with Crippen LogP contribution in [-0.4, -0.2) is 28.8 Å². The average molecular weight is 1090 g/mol. The summed E-state index contributed by atoms with van der Waals surface area (Å²) in [4.78, 5) is 3.61. The summed E-state index contributed by atoms with van der Waals surface area (Å²) in [6.45, 7) is 44.4. The van der Waals surface area contributed by atoms with Crippen LogP contribution in [0.2, 0.25) is 5.02 Å². The number of allylic oxidation sites excluding steroid dienone is 4. The number of amidine groups is 1. The van der Waals surface area contributed by atoms with Crippen LogP contribution in [0.1, 0.15) is 201 Å². The molecule has 0 amide bonds. The van der Waals surface area contributed by atoms with E-state index < -0.39 is 17.6 Å². The average Bonchev–Trinajstić information content (AvgIpc) is 3.55. The number of aliphatic imine (C=N–C) groups is 1. The maximum atomic E-state index is 14.8. The van der Waals surface area contributed by atoms with Gasteiger partial charge in [0.05, 0.1) is 16.8 Å². The Morgan fingerprint density at radius 2 is 1.48 bits per heavy atom. The first-order valence-corrected chi connectivity index (χ1v) is 23.3. The molecule has 0 aliphatic heterocycles. The number of hydrogen-bond acceptors (Lipinski definition) is 3. The predicted octanol–water partition coefficient (Wildman–Crippen LogP) is 17.9. The Bertz CT molecular complexity index is 1640. The van der Waals surface area contributed by atoms with Crippen molar-refractivity contribution in [2.75, 3.05) is 7.05 Å². The van der Waals surface area contributed by atoms with Crippen LogP contribution in [-0.2, 0) is 20.5 Å². The topological polar surface area (TPSA) is 56.2 Å². The van der Waals surface area contributed by atoms with Gasteiger partial charge in [0.1, 0.15) is 11.7 Å². The SMILES string of the molecule is C#C.C=C(C)c1c(C)c(F)c(/C=C(/C(C)=C\C(N)=NC)C(F)(F)F)c(Cl)c1C.C=CCCC.CC.CCC.CCCCC(C)(C)CC(CC)CC(C)C.Cc1c(C(C)C)cnn1C.[SH-].[Sm]. The van der Waals surface area contributed by atoms with Gasteiger partial charge in [0.2, 0.25) is 0 Å². The molecule has 2 N–H and O–H groups in total. The van der Waals surface area contributed by atoms with Crippen molar-refractivity contribution in [3.8, 4) is 12.8 Å². The fourth-order valence-electron chi connectivity index (χ4n) is 6.58. The second kappa shape index (κ2) is 43.4. The molecule has 0 radical (unpaired) electrons. The smallest absolute Gasteiger partial charge is 0.416 e. The van der Waals surface area contributed by atoms with Crippen LogP contribution in [0.3, 0.4) is 0 Å². The Balaban J connectivity index is -0.000000146. The van der Waals surface area contributed by atoms with Gasteiger partial charge in [0, 0.05) is 65.7 Å². The van der Waals surface area contributed by atoms with Gasteiger partial charge in [0.25, 0.3) is 0 Å². The van der Waals surface area contributed by atoms with E-state index in [-0.39, 0.29) is 81.4 Å². The largest absolute Gasteiger partial charge is 0.813 e. The summed E-state index contributed by atoms with van der Waals surface area (Å²) in [7, 11) is 3.33. The molecule has 0 fully saturated rings. The summed E-state index contributed by atoms with van der Waals surface area (Å²) in [5.41, 5.74) is 8.85. The van der Waals surface area contributed by atoms with Crippen molar-refractivity contribution in [2.24, 2.45) is 35.0 Å². The molecule has 378 valence electrons. The molecular formula is C54H94ClF4N4SSm-. The summed E-state index contributed by atoms with van der Waals surface area (Å²) in [6.07, 6.45) is 20.9. The number of rotatable bonds is 15. The Hall–Kier alpha value is -1.88. The van der Waals surface area contributed by atoms with Crippen molar-refractivity contribution >= 4 is 42.6 Å². The van der Waals surface area contributed by atoms with Gasteiger partial charge in [-0.15, -0.1) is 19.4 Å². The molecule has 0 saturated heterocycles. The van der Waals surface area contributed by atoms with Crippen LogP contribution in [0.4, 0.5) is 17.6 Å². The zero-order valence-corrected chi connectivity index (χ0v) is 48.9. The Morgan fingerprint density at radius 3 is 1.77 bits per heavy atom. The van der Waals surface area contributed by atoms with Crippen LogP contribution in [0.25, 0.3) is 11.6 Å². The standard InChI is InChI=1S/C19H21ClF4N2.C15H32.C8H14N2.C5H10.C3H8.C2H6.C2H2.H2S.Sm/c1-9(2)16-11(4)17(20)13(18(21)12(16)5)8-14(19(22,23)24)10(3)7-15(25)26-6;1-7-9-10-15(5,6)12-14(8-2)11-13(3)4;1-6(2)8-5-9-10(4)7(8)3;1-3-5-4-2;1-3-2;2*1-2;;/h7-8H,1H2,2-6H3,(H2,25,26);13-14H,7-12H2,1-6H3;5-6H,1-4H3;3H,1,4-5H2,2H3;3H2,1-2H3;1-2H3;1-2H;1H2;/p-1/b10-7-,14-8-;;;;;;;;. The fraction of sp³-hybridized carbons (Fsp3) is 0.630. The Kier molecular flexibility index (Phi) is 51.6. The van der Waals surface area contributed by atoms with Crippen LogP contribution < -0.4 is 5.73 Å². The van der Waals surface area contributed by atoms with E-state index in [9.17, 15) is 17.6 Å². The van der Waals surface area contributed by atoms with Crippen LogP contribution in [0.15, 0.2) is 47.6 Å². The number of aryl methyl sites for hydroxylation is 1. The van der Waals surface area contributed by atoms with Crippen LogP contribution in [0, 0.1) is 97.1 Å². The molecule has 1 aromatic heterocycles. The molecule has 11 heteroatoms. The summed E-state index contributed by atoms with van der Waals surface area (Å²) in [5.74, 6) is 1.50. The van der Waals surface area contributed by atoms with Crippen molar-refractivity contribution < 1.29 is 58.0 Å². The molecule has 2 rings (SSSR count). The van der Waals surface area contributed by atoms with Gasteiger partial charge in [-0.05, 0) is 123 Å². The fourth-order valence-corrected chi connectivity index (χ4v) is 6.81. The molecule has 1 unspecified atom stereocenters. The van der Waals surface area contributed by atoms with E-state index in [1.165, 1.54) is 83.5 Å². The number of nitrogens with zero attached hydrogens (tertiary/aromatic N) is 3. The quantitative estimate of drug-likeness (QED) is 0.0283. The van der Waals surface area contributed by atoms with Crippen molar-refractivity contribution in [3.63, 3.8) is 0 Å². The van der Waals surface area contributed by atoms with E-state index in [4.69, 9.17) is 17.3 Å². The van der Waals surface area contributed by atoms with Gasteiger partial charge in [-0.2, -0.15) is 18.3 Å². The molecule has 4 nitrogen and oxygen atoms in total. The third-order valence-corrected chi connectivity index (χ3v) is 10.3. The molecule has 2 aromatic rings. The van der Waals surface area contributed by atoms with Gasteiger partial charge in [-0.1, -0.05) is 152 Å². The number of benzene rings is 1. The summed E-state index contributed by atoms with van der Waals surface area (Å²) in [6, 6.07) is 0. The molecule has 65 heavy (non-hydrogen) atoms. The van der Waals surface area contributed by atoms with Gasteiger partial charge in [0.15, 0.2) is 0 Å². The van der Waals surface area contributed by atoms with Gasteiger partial charge >= 0.3 is 6.18 Å². The zero-order chi connectivity index (χ0) is 50.8. The number of terminal acetylenes is 1. The number of alkyl halides is 3. The molecule has 1 heterocycles. The number of thiol groups is 1. The number of halogens is 5. The normalized spacial score (nSPS) is 11.6. The first-order valence-electron chi connectivity index (χ1n) is 23.0. The van der Waals surface area contributed by atoms with Crippen molar-refractivity contribution in [3.05, 3.63) is 87.0 Å². The van der Waals surface area contributed by atoms with E-state index in [0.717, 1.165) is 24.3 Å². The third kappa shape index (κ3) is 34.1. The molecule has 0 saturated carbocycles. The predicted molar refractivity (Wildman–Crippen MR) is 285 cm³/mol. The third-order valence-electron chi connectivity index (χ3n) is 9.77. The van der Waals surface area contributed by atoms with Crippen LogP contribution >= 0.6 is 11.6 Å². The Labute approximate surface area is 443 Å². The molecule has 0 aliphatic rings. The number of aromatic nitrogens is 2. The molecule has 0 bridgehead atoms. The van der Waals surface area contributed by atoms with E-state index in [0.29, 0.717) is 34.1 Å². The van der Waals surface area contributed by atoms with Gasteiger partial charge in [-0.25, -0.2) is 4.39 Å².